The highest BCUT2D eigenvalue weighted by Gasteiger charge is 2.23. The predicted octanol–water partition coefficient (Wildman–Crippen LogP) is 6.49. The Bertz CT molecular complexity index is 599. The lowest BCUT2D eigenvalue weighted by Crippen LogP contribution is -2.45. The number of rotatable bonds is 7. The maximum Gasteiger partial charge on any atom is 0.0726 e. The maximum atomic E-state index is 5.89. The molecule has 3 rings (SSSR count). The third-order valence-corrected chi connectivity index (χ3v) is 7.89. The van der Waals surface area contributed by atoms with Crippen LogP contribution < -0.4 is 4.90 Å². The molecule has 0 amide bonds. The van der Waals surface area contributed by atoms with E-state index >= 15 is 0 Å². The van der Waals surface area contributed by atoms with E-state index in [1.165, 1.54) is 55.5 Å². The highest BCUT2D eigenvalue weighted by Crippen LogP contribution is 2.34. The van der Waals surface area contributed by atoms with E-state index in [1.807, 2.05) is 0 Å². The van der Waals surface area contributed by atoms with Gasteiger partial charge in [0.05, 0.1) is 12.2 Å². The van der Waals surface area contributed by atoms with E-state index < -0.39 is 0 Å². The number of thioether (sulfide) groups is 1. The van der Waals surface area contributed by atoms with Gasteiger partial charge in [0, 0.05) is 18.8 Å². The third kappa shape index (κ3) is 6.42. The van der Waals surface area contributed by atoms with Crippen LogP contribution in [0.3, 0.4) is 0 Å². The summed E-state index contributed by atoms with van der Waals surface area (Å²) < 4.78 is 5.89. The van der Waals surface area contributed by atoms with Crippen LogP contribution in [0.1, 0.15) is 70.9 Å². The molecule has 0 N–H and O–H groups in total. The van der Waals surface area contributed by atoms with E-state index in [4.69, 9.17) is 4.74 Å². The van der Waals surface area contributed by atoms with Gasteiger partial charge >= 0.3 is 0 Å². The molecule has 1 aromatic carbocycles. The smallest absolute Gasteiger partial charge is 0.0726 e. The zero-order valence-electron chi connectivity index (χ0n) is 18.7. The van der Waals surface area contributed by atoms with Gasteiger partial charge in [-0.3, -0.25) is 0 Å². The minimum atomic E-state index is 0.317. The van der Waals surface area contributed by atoms with Crippen molar-refractivity contribution in [2.75, 3.05) is 23.7 Å². The molecule has 0 spiro atoms. The lowest BCUT2D eigenvalue weighted by molar-refractivity contribution is -0.00522. The Morgan fingerprint density at radius 2 is 1.68 bits per heavy atom. The van der Waals surface area contributed by atoms with Crippen molar-refractivity contribution < 1.29 is 4.74 Å². The molecule has 2 aliphatic rings. The summed E-state index contributed by atoms with van der Waals surface area (Å²) in [6, 6.07) is 7.13. The van der Waals surface area contributed by atoms with Crippen molar-refractivity contribution >= 4 is 17.4 Å². The molecule has 2 fully saturated rings. The Labute approximate surface area is 177 Å². The zero-order valence-corrected chi connectivity index (χ0v) is 19.6. The van der Waals surface area contributed by atoms with Gasteiger partial charge in [0.2, 0.25) is 0 Å². The molecule has 0 unspecified atom stereocenters. The number of anilines is 1. The van der Waals surface area contributed by atoms with Crippen LogP contribution in [0.5, 0.6) is 0 Å². The molecule has 0 radical (unpaired) electrons. The van der Waals surface area contributed by atoms with E-state index in [1.54, 1.807) is 5.56 Å². The van der Waals surface area contributed by atoms with Crippen LogP contribution in [0.2, 0.25) is 0 Å². The summed E-state index contributed by atoms with van der Waals surface area (Å²) in [6.07, 6.45) is 9.06. The van der Waals surface area contributed by atoms with Crippen LogP contribution in [0.15, 0.2) is 18.2 Å². The van der Waals surface area contributed by atoms with E-state index in [-0.39, 0.29) is 0 Å². The van der Waals surface area contributed by atoms with E-state index in [2.05, 4.69) is 69.5 Å². The molecule has 1 saturated heterocycles. The Balaban J connectivity index is 1.47. The molecule has 0 aromatic heterocycles. The first-order valence-corrected chi connectivity index (χ1v) is 12.6. The average Bonchev–Trinajstić information content (AvgIpc) is 2.65. The highest BCUT2D eigenvalue weighted by atomic mass is 32.2. The van der Waals surface area contributed by atoms with Gasteiger partial charge in [-0.25, -0.2) is 0 Å². The number of aryl methyl sites for hydroxylation is 2. The lowest BCUT2D eigenvalue weighted by Gasteiger charge is -2.37. The topological polar surface area (TPSA) is 12.5 Å². The van der Waals surface area contributed by atoms with Gasteiger partial charge in [-0.2, -0.15) is 11.8 Å². The number of hydrogen-bond acceptors (Lipinski definition) is 3. The molecule has 158 valence electrons. The summed E-state index contributed by atoms with van der Waals surface area (Å²) in [5, 5.41) is 0.785. The minimum absolute atomic E-state index is 0.317. The summed E-state index contributed by atoms with van der Waals surface area (Å²) in [5.41, 5.74) is 4.38. The number of nitrogens with zero attached hydrogens (tertiary/aromatic N) is 1. The molecule has 28 heavy (non-hydrogen) atoms. The molecule has 3 heteroatoms. The second-order valence-electron chi connectivity index (χ2n) is 9.58. The van der Waals surface area contributed by atoms with Gasteiger partial charge in [0.25, 0.3) is 0 Å². The number of ether oxygens (including phenoxy) is 1. The van der Waals surface area contributed by atoms with Crippen molar-refractivity contribution in [3.63, 3.8) is 0 Å². The molecule has 1 aliphatic carbocycles. The average molecular weight is 404 g/mol. The van der Waals surface area contributed by atoms with Crippen molar-refractivity contribution in [3.05, 3.63) is 29.3 Å². The van der Waals surface area contributed by atoms with Gasteiger partial charge in [-0.15, -0.1) is 0 Å². The second kappa shape index (κ2) is 10.4. The number of morpholine rings is 1. The molecular weight excluding hydrogens is 362 g/mol. The molecule has 1 heterocycles. The fourth-order valence-electron chi connectivity index (χ4n) is 4.92. The van der Waals surface area contributed by atoms with Crippen molar-refractivity contribution in [2.24, 2.45) is 11.8 Å². The summed E-state index contributed by atoms with van der Waals surface area (Å²) in [6.45, 7) is 13.3. The standard InChI is InChI=1S/C25H41NOS/c1-18(2)28-17-23-8-6-22(7-9-23)10-11-24-12-13-25(14-19(24)3)26-15-20(4)27-21(5)16-26/h12-14,18,20-23H,6-11,15-17H2,1-5H3/t20-,21+,22?,23?. The van der Waals surface area contributed by atoms with Gasteiger partial charge in [-0.05, 0) is 92.6 Å². The van der Waals surface area contributed by atoms with Crippen molar-refractivity contribution in [3.8, 4) is 0 Å². The SMILES string of the molecule is Cc1cc(N2C[C@@H](C)O[C@@H](C)C2)ccc1CCC1CCC(CSC(C)C)CC1. The Hall–Kier alpha value is -0.670. The summed E-state index contributed by atoms with van der Waals surface area (Å²) in [7, 11) is 0. The van der Waals surface area contributed by atoms with Gasteiger partial charge in [0.1, 0.15) is 0 Å². The maximum absolute atomic E-state index is 5.89. The first kappa shape index (κ1) is 22.0. The monoisotopic (exact) mass is 403 g/mol. The molecule has 2 nitrogen and oxygen atoms in total. The number of hydrogen-bond donors (Lipinski definition) is 0. The van der Waals surface area contributed by atoms with Crippen LogP contribution in [-0.2, 0) is 11.2 Å². The molecule has 1 aromatic rings. The number of benzene rings is 1. The molecular formula is C25H41NOS. The quantitative estimate of drug-likeness (QED) is 0.516. The normalized spacial score (nSPS) is 28.7. The summed E-state index contributed by atoms with van der Waals surface area (Å²) >= 11 is 2.15. The Morgan fingerprint density at radius 1 is 1.04 bits per heavy atom. The van der Waals surface area contributed by atoms with Crippen LogP contribution in [-0.4, -0.2) is 36.3 Å². The van der Waals surface area contributed by atoms with Gasteiger partial charge in [0.15, 0.2) is 0 Å². The first-order valence-electron chi connectivity index (χ1n) is 11.5. The van der Waals surface area contributed by atoms with Crippen molar-refractivity contribution in [1.29, 1.82) is 0 Å². The molecule has 0 bridgehead atoms. The lowest BCUT2D eigenvalue weighted by atomic mass is 9.80. The fourth-order valence-corrected chi connectivity index (χ4v) is 5.91. The zero-order chi connectivity index (χ0) is 20.1. The van der Waals surface area contributed by atoms with E-state index in [0.717, 1.165) is 30.2 Å². The first-order chi connectivity index (χ1) is 13.4. The fraction of sp³-hybridized carbons (Fsp3) is 0.760. The minimum Gasteiger partial charge on any atom is -0.372 e. The van der Waals surface area contributed by atoms with Crippen molar-refractivity contribution in [2.45, 2.75) is 90.6 Å². The third-order valence-electron chi connectivity index (χ3n) is 6.56. The second-order valence-corrected chi connectivity index (χ2v) is 11.2. The summed E-state index contributed by atoms with van der Waals surface area (Å²) in [5.74, 6) is 3.30. The molecule has 1 saturated carbocycles. The van der Waals surface area contributed by atoms with Crippen LogP contribution in [0.25, 0.3) is 0 Å². The van der Waals surface area contributed by atoms with Gasteiger partial charge in [-0.1, -0.05) is 32.8 Å². The molecule has 2 atom stereocenters. The van der Waals surface area contributed by atoms with E-state index in [9.17, 15) is 0 Å². The predicted molar refractivity (Wildman–Crippen MR) is 125 cm³/mol. The van der Waals surface area contributed by atoms with Crippen LogP contribution in [0.4, 0.5) is 5.69 Å². The van der Waals surface area contributed by atoms with Crippen LogP contribution >= 0.6 is 11.8 Å². The Kier molecular flexibility index (Phi) is 8.17. The summed E-state index contributed by atoms with van der Waals surface area (Å²) in [4.78, 5) is 2.49. The van der Waals surface area contributed by atoms with Crippen LogP contribution in [0, 0.1) is 18.8 Å². The highest BCUT2D eigenvalue weighted by molar-refractivity contribution is 7.99. The van der Waals surface area contributed by atoms with E-state index in [0.29, 0.717) is 12.2 Å². The van der Waals surface area contributed by atoms with Crippen molar-refractivity contribution in [1.82, 2.24) is 0 Å². The molecule has 1 aliphatic heterocycles. The Morgan fingerprint density at radius 3 is 2.29 bits per heavy atom. The van der Waals surface area contributed by atoms with Gasteiger partial charge < -0.3 is 9.64 Å². The largest absolute Gasteiger partial charge is 0.372 e.